The molecule has 1 amide bonds. The summed E-state index contributed by atoms with van der Waals surface area (Å²) in [5.41, 5.74) is -2.70. The number of aromatic hydroxyl groups is 1. The van der Waals surface area contributed by atoms with Crippen molar-refractivity contribution in [2.75, 3.05) is 5.32 Å². The van der Waals surface area contributed by atoms with Crippen molar-refractivity contribution in [3.8, 4) is 11.6 Å². The fraction of sp³-hybridized carbons (Fsp3) is 0.182. The molecule has 35 heavy (non-hydrogen) atoms. The summed E-state index contributed by atoms with van der Waals surface area (Å²) in [5.74, 6) is -1.19. The molecule has 0 aliphatic carbocycles. The van der Waals surface area contributed by atoms with E-state index in [4.69, 9.17) is 23.2 Å². The standard InChI is InChI=1S/C22H16Cl2N6O5/c23-13-8-7-10-17(26-13)28-22(35)30(20(10)33)12-5-3-4-11(16(12)24)25-18(31)15-19(32)27-14-6-1-2-9-29(14)21(15)34/h3-5,7-8,32H,1-2,6,9H2,(H,25,31)(H,26,28,35). The normalized spacial score (nSPS) is 13.0. The van der Waals surface area contributed by atoms with Crippen molar-refractivity contribution in [1.29, 1.82) is 0 Å². The van der Waals surface area contributed by atoms with E-state index in [-0.39, 0.29) is 32.6 Å². The molecule has 0 bridgehead atoms. The lowest BCUT2D eigenvalue weighted by Crippen LogP contribution is -2.35. The largest absolute Gasteiger partial charge is 0.493 e. The molecule has 11 nitrogen and oxygen atoms in total. The summed E-state index contributed by atoms with van der Waals surface area (Å²) >= 11 is 12.3. The summed E-state index contributed by atoms with van der Waals surface area (Å²) in [6.07, 6.45) is 2.11. The molecule has 3 N–H and O–H groups in total. The second-order valence-corrected chi connectivity index (χ2v) is 8.60. The first-order chi connectivity index (χ1) is 16.8. The number of fused-ring (bicyclic) bond motifs is 2. The maximum Gasteiger partial charge on any atom is 0.334 e. The zero-order valence-electron chi connectivity index (χ0n) is 17.8. The number of nitrogens with one attached hydrogen (secondary N) is 2. The molecule has 0 saturated heterocycles. The minimum Gasteiger partial charge on any atom is -0.493 e. The second-order valence-electron chi connectivity index (χ2n) is 7.83. The van der Waals surface area contributed by atoms with E-state index in [1.54, 1.807) is 0 Å². The van der Waals surface area contributed by atoms with Crippen molar-refractivity contribution in [2.24, 2.45) is 0 Å². The first-order valence-corrected chi connectivity index (χ1v) is 11.3. The SMILES string of the molecule is O=C(Nc1cccc(-n2c(=O)[nH]c3nc(Cl)ccc3c2=O)c1Cl)c1c(O)nc2n(c1=O)CCCC2. The van der Waals surface area contributed by atoms with E-state index in [2.05, 4.69) is 20.3 Å². The van der Waals surface area contributed by atoms with E-state index < -0.39 is 34.2 Å². The zero-order chi connectivity index (χ0) is 24.9. The Morgan fingerprint density at radius 3 is 2.66 bits per heavy atom. The highest BCUT2D eigenvalue weighted by molar-refractivity contribution is 6.35. The summed E-state index contributed by atoms with van der Waals surface area (Å²) in [7, 11) is 0. The molecule has 13 heteroatoms. The Morgan fingerprint density at radius 1 is 1.06 bits per heavy atom. The molecule has 4 aromatic rings. The lowest BCUT2D eigenvalue weighted by Gasteiger charge is -2.18. The number of H-pyrrole nitrogens is 1. The van der Waals surface area contributed by atoms with Crippen LogP contribution in [0.1, 0.15) is 29.0 Å². The average molecular weight is 515 g/mol. The number of pyridine rings is 1. The Hall–Kier alpha value is -3.96. The number of hydrogen-bond donors (Lipinski definition) is 3. The minimum absolute atomic E-state index is 0.0105. The highest BCUT2D eigenvalue weighted by Crippen LogP contribution is 2.28. The van der Waals surface area contributed by atoms with Crippen molar-refractivity contribution in [3.63, 3.8) is 0 Å². The highest BCUT2D eigenvalue weighted by atomic mass is 35.5. The van der Waals surface area contributed by atoms with Crippen LogP contribution < -0.4 is 22.1 Å². The summed E-state index contributed by atoms with van der Waals surface area (Å²) < 4.78 is 2.16. The van der Waals surface area contributed by atoms with Crippen molar-refractivity contribution in [2.45, 2.75) is 25.8 Å². The maximum atomic E-state index is 13.0. The quantitative estimate of drug-likeness (QED) is 0.354. The van der Waals surface area contributed by atoms with Crippen LogP contribution in [0, 0.1) is 0 Å². The number of amides is 1. The predicted molar refractivity (Wildman–Crippen MR) is 129 cm³/mol. The first kappa shape index (κ1) is 22.8. The molecule has 1 aromatic carbocycles. The van der Waals surface area contributed by atoms with Gasteiger partial charge in [-0.05, 0) is 37.1 Å². The van der Waals surface area contributed by atoms with Gasteiger partial charge in [-0.3, -0.25) is 23.9 Å². The molecule has 0 unspecified atom stereocenters. The number of carbonyl (C=O) groups excluding carboxylic acids is 1. The van der Waals surface area contributed by atoms with Crippen molar-refractivity contribution in [1.82, 2.24) is 24.1 Å². The maximum absolute atomic E-state index is 13.0. The minimum atomic E-state index is -0.932. The molecule has 4 heterocycles. The van der Waals surface area contributed by atoms with Gasteiger partial charge in [0.15, 0.2) is 5.56 Å². The van der Waals surface area contributed by atoms with Gasteiger partial charge in [-0.2, -0.15) is 4.98 Å². The number of aromatic nitrogens is 5. The van der Waals surface area contributed by atoms with Crippen LogP contribution in [0.2, 0.25) is 10.2 Å². The Balaban J connectivity index is 1.57. The molecule has 0 atom stereocenters. The van der Waals surface area contributed by atoms with E-state index >= 15 is 0 Å². The van der Waals surface area contributed by atoms with Crippen LogP contribution in [0.5, 0.6) is 5.88 Å². The number of rotatable bonds is 3. The third-order valence-electron chi connectivity index (χ3n) is 5.68. The third-order valence-corrected chi connectivity index (χ3v) is 6.29. The molecular formula is C22H16Cl2N6O5. The summed E-state index contributed by atoms with van der Waals surface area (Å²) in [6, 6.07) is 7.12. The van der Waals surface area contributed by atoms with Gasteiger partial charge in [0.1, 0.15) is 16.6 Å². The van der Waals surface area contributed by atoms with Gasteiger partial charge < -0.3 is 10.4 Å². The fourth-order valence-electron chi connectivity index (χ4n) is 4.03. The van der Waals surface area contributed by atoms with Gasteiger partial charge >= 0.3 is 5.69 Å². The van der Waals surface area contributed by atoms with Crippen LogP contribution in [-0.2, 0) is 13.0 Å². The molecule has 0 spiro atoms. The van der Waals surface area contributed by atoms with Gasteiger partial charge in [-0.1, -0.05) is 29.3 Å². The van der Waals surface area contributed by atoms with E-state index in [0.717, 1.165) is 17.4 Å². The monoisotopic (exact) mass is 514 g/mol. The Labute approximate surface area is 205 Å². The lowest BCUT2D eigenvalue weighted by atomic mass is 10.1. The second kappa shape index (κ2) is 8.67. The van der Waals surface area contributed by atoms with Gasteiger partial charge in [0, 0.05) is 13.0 Å². The van der Waals surface area contributed by atoms with Crippen molar-refractivity contribution < 1.29 is 9.90 Å². The number of anilines is 1. The molecule has 1 aliphatic heterocycles. The van der Waals surface area contributed by atoms with Gasteiger partial charge in [0.25, 0.3) is 17.0 Å². The molecular weight excluding hydrogens is 499 g/mol. The van der Waals surface area contributed by atoms with E-state index in [1.165, 1.54) is 34.9 Å². The average Bonchev–Trinajstić information content (AvgIpc) is 2.81. The molecule has 0 saturated carbocycles. The van der Waals surface area contributed by atoms with Crippen LogP contribution in [-0.4, -0.2) is 35.1 Å². The highest BCUT2D eigenvalue weighted by Gasteiger charge is 2.25. The van der Waals surface area contributed by atoms with Crippen LogP contribution in [0.25, 0.3) is 16.7 Å². The molecule has 0 fully saturated rings. The topological polar surface area (TPSA) is 152 Å². The number of aryl methyl sites for hydroxylation is 1. The number of aromatic amines is 1. The van der Waals surface area contributed by atoms with Gasteiger partial charge in [-0.25, -0.2) is 14.3 Å². The summed E-state index contributed by atoms with van der Waals surface area (Å²) in [5, 5.41) is 12.8. The number of benzene rings is 1. The van der Waals surface area contributed by atoms with Gasteiger partial charge in [-0.15, -0.1) is 0 Å². The molecule has 5 rings (SSSR count). The zero-order valence-corrected chi connectivity index (χ0v) is 19.4. The van der Waals surface area contributed by atoms with Crippen LogP contribution in [0.15, 0.2) is 44.7 Å². The van der Waals surface area contributed by atoms with Crippen molar-refractivity contribution >= 4 is 45.8 Å². The number of hydrogen-bond acceptors (Lipinski definition) is 7. The Kier molecular flexibility index (Phi) is 5.65. The van der Waals surface area contributed by atoms with E-state index in [1.807, 2.05) is 0 Å². The Morgan fingerprint density at radius 2 is 1.86 bits per heavy atom. The lowest BCUT2D eigenvalue weighted by molar-refractivity contribution is 0.102. The smallest absolute Gasteiger partial charge is 0.334 e. The van der Waals surface area contributed by atoms with Crippen LogP contribution >= 0.6 is 23.2 Å². The van der Waals surface area contributed by atoms with Crippen LogP contribution in [0.3, 0.4) is 0 Å². The van der Waals surface area contributed by atoms with Crippen molar-refractivity contribution in [3.05, 3.63) is 83.1 Å². The van der Waals surface area contributed by atoms with E-state index in [9.17, 15) is 24.3 Å². The first-order valence-electron chi connectivity index (χ1n) is 10.5. The predicted octanol–water partition coefficient (Wildman–Crippen LogP) is 2.23. The molecule has 178 valence electrons. The molecule has 3 aromatic heterocycles. The number of halogens is 2. The molecule has 0 radical (unpaired) electrons. The Bertz CT molecular complexity index is 1710. The van der Waals surface area contributed by atoms with E-state index in [0.29, 0.717) is 18.8 Å². The summed E-state index contributed by atoms with van der Waals surface area (Å²) in [4.78, 5) is 61.9. The summed E-state index contributed by atoms with van der Waals surface area (Å²) in [6.45, 7) is 0.395. The van der Waals surface area contributed by atoms with Gasteiger partial charge in [0.2, 0.25) is 5.88 Å². The van der Waals surface area contributed by atoms with Gasteiger partial charge in [0.05, 0.1) is 21.8 Å². The fourth-order valence-corrected chi connectivity index (χ4v) is 4.43. The number of nitrogens with zero attached hydrogens (tertiary/aromatic N) is 4. The van der Waals surface area contributed by atoms with Crippen LogP contribution in [0.4, 0.5) is 5.69 Å². The third kappa shape index (κ3) is 3.88. The number of carbonyl (C=O) groups is 1. The molecule has 1 aliphatic rings.